The maximum absolute atomic E-state index is 12.6. The minimum atomic E-state index is -0.139. The second-order valence-corrected chi connectivity index (χ2v) is 8.52. The summed E-state index contributed by atoms with van der Waals surface area (Å²) in [5.74, 6) is 0.522. The lowest BCUT2D eigenvalue weighted by Gasteiger charge is -2.24. The van der Waals surface area contributed by atoms with Gasteiger partial charge in [0.2, 0.25) is 5.91 Å². The van der Waals surface area contributed by atoms with Crippen LogP contribution < -0.4 is 10.9 Å². The Morgan fingerprint density at radius 3 is 2.85 bits per heavy atom. The lowest BCUT2D eigenvalue weighted by molar-refractivity contribution is -0.122. The fourth-order valence-electron chi connectivity index (χ4n) is 3.64. The van der Waals surface area contributed by atoms with Crippen molar-refractivity contribution in [2.75, 3.05) is 6.26 Å². The average Bonchev–Trinajstić information content (AvgIpc) is 3.32. The van der Waals surface area contributed by atoms with Crippen LogP contribution in [0.1, 0.15) is 54.3 Å². The number of thiophene rings is 1. The molecule has 1 aliphatic rings. The van der Waals surface area contributed by atoms with E-state index in [0.717, 1.165) is 0 Å². The van der Waals surface area contributed by atoms with Crippen LogP contribution in [0.2, 0.25) is 0 Å². The number of aryl methyl sites for hydroxylation is 1. The molecule has 2 heterocycles. The third kappa shape index (κ3) is 4.57. The summed E-state index contributed by atoms with van der Waals surface area (Å²) in [6.07, 6.45) is 7.41. The zero-order chi connectivity index (χ0) is 18.5. The van der Waals surface area contributed by atoms with E-state index in [1.165, 1.54) is 42.3 Å². The molecule has 1 saturated carbocycles. The molecule has 2 N–H and O–H groups in total. The fraction of sp³-hybridized carbons (Fsp3) is 0.526. The second kappa shape index (κ2) is 8.86. The van der Waals surface area contributed by atoms with Gasteiger partial charge in [-0.05, 0) is 49.8 Å². The maximum atomic E-state index is 12.6. The summed E-state index contributed by atoms with van der Waals surface area (Å²) in [6.45, 7) is 1.83. The summed E-state index contributed by atoms with van der Waals surface area (Å²) in [6, 6.07) is 4.24. The number of H-pyrrole nitrogens is 1. The molecule has 1 unspecified atom stereocenters. The summed E-state index contributed by atoms with van der Waals surface area (Å²) in [5.41, 5.74) is 1.17. The van der Waals surface area contributed by atoms with E-state index in [9.17, 15) is 9.59 Å². The zero-order valence-electron chi connectivity index (χ0n) is 15.2. The van der Waals surface area contributed by atoms with Crippen LogP contribution in [0.25, 0.3) is 0 Å². The quantitative estimate of drug-likeness (QED) is 0.555. The topological polar surface area (TPSA) is 74.8 Å². The van der Waals surface area contributed by atoms with Crippen molar-refractivity contribution in [2.24, 2.45) is 5.92 Å². The second-order valence-electron chi connectivity index (χ2n) is 6.74. The van der Waals surface area contributed by atoms with Crippen LogP contribution in [-0.4, -0.2) is 22.1 Å². The Morgan fingerprint density at radius 1 is 1.46 bits per heavy atom. The Hall–Kier alpha value is -1.60. The van der Waals surface area contributed by atoms with Gasteiger partial charge in [0.25, 0.3) is 5.56 Å². The molecule has 1 amide bonds. The monoisotopic (exact) mass is 391 g/mol. The van der Waals surface area contributed by atoms with Crippen molar-refractivity contribution in [3.05, 3.63) is 44.0 Å². The molecule has 0 bridgehead atoms. The van der Waals surface area contributed by atoms with Gasteiger partial charge in [-0.3, -0.25) is 9.59 Å². The molecule has 0 aromatic carbocycles. The molecule has 0 saturated heterocycles. The number of nitrogens with zero attached hydrogens (tertiary/aromatic N) is 1. The Bertz CT molecular complexity index is 796. The molecule has 2 aromatic heterocycles. The van der Waals surface area contributed by atoms with Gasteiger partial charge in [-0.15, -0.1) is 11.3 Å². The maximum Gasteiger partial charge on any atom is 0.254 e. The molecule has 2 aromatic rings. The highest BCUT2D eigenvalue weighted by atomic mass is 32.2. The van der Waals surface area contributed by atoms with Crippen molar-refractivity contribution in [1.29, 1.82) is 0 Å². The van der Waals surface area contributed by atoms with Crippen molar-refractivity contribution in [3.8, 4) is 0 Å². The van der Waals surface area contributed by atoms with Gasteiger partial charge < -0.3 is 10.3 Å². The number of amides is 1. The third-order valence-corrected chi connectivity index (χ3v) is 6.57. The number of carbonyl (C=O) groups is 1. The lowest BCUT2D eigenvalue weighted by Crippen LogP contribution is -2.32. The molecule has 140 valence electrons. The molecular formula is C19H25N3O2S2. The number of hydrogen-bond acceptors (Lipinski definition) is 5. The molecule has 3 rings (SSSR count). The van der Waals surface area contributed by atoms with Crippen LogP contribution in [0.3, 0.4) is 0 Å². The lowest BCUT2D eigenvalue weighted by atomic mass is 9.96. The first-order valence-corrected chi connectivity index (χ1v) is 11.2. The number of nitrogens with one attached hydrogen (secondary N) is 2. The molecular weight excluding hydrogens is 366 g/mol. The van der Waals surface area contributed by atoms with Gasteiger partial charge in [-0.1, -0.05) is 30.7 Å². The Balaban J connectivity index is 1.65. The van der Waals surface area contributed by atoms with Gasteiger partial charge >= 0.3 is 0 Å². The first-order valence-electron chi connectivity index (χ1n) is 9.05. The van der Waals surface area contributed by atoms with Crippen molar-refractivity contribution in [1.82, 2.24) is 15.3 Å². The first-order chi connectivity index (χ1) is 12.6. The van der Waals surface area contributed by atoms with E-state index in [1.807, 2.05) is 19.2 Å². The van der Waals surface area contributed by atoms with E-state index < -0.39 is 0 Å². The first kappa shape index (κ1) is 19.2. The summed E-state index contributed by atoms with van der Waals surface area (Å²) in [5, 5.41) is 5.90. The van der Waals surface area contributed by atoms with Gasteiger partial charge in [0, 0.05) is 22.6 Å². The van der Waals surface area contributed by atoms with Crippen LogP contribution in [0.5, 0.6) is 0 Å². The van der Waals surface area contributed by atoms with Crippen molar-refractivity contribution in [3.63, 3.8) is 0 Å². The molecule has 0 spiro atoms. The van der Waals surface area contributed by atoms with Crippen LogP contribution in [0.4, 0.5) is 0 Å². The Morgan fingerprint density at radius 2 is 2.23 bits per heavy atom. The predicted molar refractivity (Wildman–Crippen MR) is 107 cm³/mol. The van der Waals surface area contributed by atoms with E-state index >= 15 is 0 Å². The SMILES string of the molecule is CSc1nc(C)c(CCC(=O)NC(c2cccs2)C2CCCC2)c(=O)[nH]1. The number of carbonyl (C=O) groups excluding carboxylic acids is 1. The smallest absolute Gasteiger partial charge is 0.254 e. The predicted octanol–water partition coefficient (Wildman–Crippen LogP) is 3.84. The van der Waals surface area contributed by atoms with Gasteiger partial charge in [-0.25, -0.2) is 4.98 Å². The molecule has 1 aliphatic carbocycles. The molecule has 0 radical (unpaired) electrons. The fourth-order valence-corrected chi connectivity index (χ4v) is 4.93. The third-order valence-electron chi connectivity index (χ3n) is 5.03. The van der Waals surface area contributed by atoms with Crippen LogP contribution >= 0.6 is 23.1 Å². The normalized spacial score (nSPS) is 15.9. The average molecular weight is 392 g/mol. The van der Waals surface area contributed by atoms with E-state index in [0.29, 0.717) is 35.2 Å². The summed E-state index contributed by atoms with van der Waals surface area (Å²) < 4.78 is 0. The molecule has 1 fully saturated rings. The molecule has 5 nitrogen and oxygen atoms in total. The minimum Gasteiger partial charge on any atom is -0.348 e. The number of rotatable bonds is 7. The minimum absolute atomic E-state index is 0.00282. The highest BCUT2D eigenvalue weighted by Crippen LogP contribution is 2.37. The number of hydrogen-bond donors (Lipinski definition) is 2. The largest absolute Gasteiger partial charge is 0.348 e. The summed E-state index contributed by atoms with van der Waals surface area (Å²) in [4.78, 5) is 33.2. The van der Waals surface area contributed by atoms with E-state index in [2.05, 4.69) is 26.7 Å². The highest BCUT2D eigenvalue weighted by molar-refractivity contribution is 7.98. The molecule has 26 heavy (non-hydrogen) atoms. The van der Waals surface area contributed by atoms with Crippen molar-refractivity contribution in [2.45, 2.75) is 56.6 Å². The highest BCUT2D eigenvalue weighted by Gasteiger charge is 2.28. The number of aromatic amines is 1. The van der Waals surface area contributed by atoms with Gasteiger partial charge in [0.15, 0.2) is 5.16 Å². The van der Waals surface area contributed by atoms with Crippen LogP contribution in [0.15, 0.2) is 27.5 Å². The summed E-state index contributed by atoms with van der Waals surface area (Å²) in [7, 11) is 0. The van der Waals surface area contributed by atoms with Crippen LogP contribution in [-0.2, 0) is 11.2 Å². The Kier molecular flexibility index (Phi) is 6.53. The van der Waals surface area contributed by atoms with Crippen molar-refractivity contribution < 1.29 is 4.79 Å². The number of thioether (sulfide) groups is 1. The van der Waals surface area contributed by atoms with Crippen molar-refractivity contribution >= 4 is 29.0 Å². The van der Waals surface area contributed by atoms with Gasteiger partial charge in [0.1, 0.15) is 0 Å². The molecule has 1 atom stereocenters. The number of aromatic nitrogens is 2. The summed E-state index contributed by atoms with van der Waals surface area (Å²) >= 11 is 3.11. The van der Waals surface area contributed by atoms with Crippen LogP contribution in [0, 0.1) is 12.8 Å². The molecule has 0 aliphatic heterocycles. The van der Waals surface area contributed by atoms with E-state index in [4.69, 9.17) is 0 Å². The van der Waals surface area contributed by atoms with E-state index in [-0.39, 0.29) is 17.5 Å². The van der Waals surface area contributed by atoms with Gasteiger partial charge in [0.05, 0.1) is 6.04 Å². The Labute approximate surface area is 162 Å². The van der Waals surface area contributed by atoms with E-state index in [1.54, 1.807) is 11.3 Å². The molecule has 7 heteroatoms. The van der Waals surface area contributed by atoms with Gasteiger partial charge in [-0.2, -0.15) is 0 Å². The standard InChI is InChI=1S/C19H25N3O2S2/c1-12-14(18(24)22-19(20-12)25-2)9-10-16(23)21-17(13-6-3-4-7-13)15-8-5-11-26-15/h5,8,11,13,17H,3-4,6-7,9-10H2,1-2H3,(H,21,23)(H,20,22,24). The zero-order valence-corrected chi connectivity index (χ0v) is 16.8.